The number of carbonyl (C=O) groups is 3. The molecule has 0 rings (SSSR count). The second kappa shape index (κ2) is 10.1. The first-order valence-electron chi connectivity index (χ1n) is 5.80. The van der Waals surface area contributed by atoms with Crippen molar-refractivity contribution in [1.82, 2.24) is 0 Å². The van der Waals surface area contributed by atoms with Crippen molar-refractivity contribution in [2.24, 2.45) is 0 Å². The lowest BCUT2D eigenvalue weighted by Crippen LogP contribution is -2.42. The third-order valence-electron chi connectivity index (χ3n) is 2.10. The van der Waals surface area contributed by atoms with Crippen molar-refractivity contribution in [3.63, 3.8) is 0 Å². The van der Waals surface area contributed by atoms with Crippen molar-refractivity contribution in [3.8, 4) is 0 Å². The van der Waals surface area contributed by atoms with Crippen LogP contribution in [0.25, 0.3) is 0 Å². The van der Waals surface area contributed by atoms with Crippen molar-refractivity contribution in [2.45, 2.75) is 50.9 Å². The normalized spacial score (nSPS) is 10.7. The molecular weight excluding hydrogens is 276 g/mol. The lowest BCUT2D eigenvalue weighted by atomic mass is 9.96. The third-order valence-corrected chi connectivity index (χ3v) is 2.10. The van der Waals surface area contributed by atoms with Crippen molar-refractivity contribution in [2.75, 3.05) is 0 Å². The van der Waals surface area contributed by atoms with Gasteiger partial charge in [-0.2, -0.15) is 0 Å². The van der Waals surface area contributed by atoms with Gasteiger partial charge >= 0.3 is 17.9 Å². The van der Waals surface area contributed by atoms with Crippen LogP contribution < -0.4 is 0 Å². The van der Waals surface area contributed by atoms with E-state index in [1.54, 1.807) is 0 Å². The Kier molecular flexibility index (Phi) is 10.4. The van der Waals surface area contributed by atoms with Crippen molar-refractivity contribution >= 4 is 17.9 Å². The van der Waals surface area contributed by atoms with E-state index in [0.717, 1.165) is 12.8 Å². The zero-order valence-corrected chi connectivity index (χ0v) is 11.0. The summed E-state index contributed by atoms with van der Waals surface area (Å²) in [6, 6.07) is 0. The Balaban J connectivity index is 0. The fourth-order valence-corrected chi connectivity index (χ4v) is 1.10. The summed E-state index contributed by atoms with van der Waals surface area (Å²) in [5.41, 5.74) is -2.74. The van der Waals surface area contributed by atoms with Crippen LogP contribution in [0.1, 0.15) is 39.0 Å². The summed E-state index contributed by atoms with van der Waals surface area (Å²) >= 11 is 0. The molecule has 118 valence electrons. The third kappa shape index (κ3) is 11.4. The zero-order chi connectivity index (χ0) is 16.3. The first kappa shape index (κ1) is 20.6. The number of unbranched alkanes of at least 4 members (excludes halogenated alkanes) is 1. The highest BCUT2D eigenvalue weighted by Crippen LogP contribution is 2.15. The van der Waals surface area contributed by atoms with Crippen LogP contribution in [0.3, 0.4) is 0 Å². The van der Waals surface area contributed by atoms with Crippen LogP contribution in [-0.4, -0.2) is 60.4 Å². The standard InChI is InChI=1S/C6H8O7.C5H12O2/c7-3(8)1-6(13,5(11)12)2-4(9)10;1-2-3-4-5(6)7/h13H,1-2H2,(H,7,8)(H,9,10)(H,11,12);5-7H,2-4H2,1H3. The van der Waals surface area contributed by atoms with Gasteiger partial charge in [-0.15, -0.1) is 0 Å². The molecule has 0 amide bonds. The van der Waals surface area contributed by atoms with E-state index in [1.165, 1.54) is 0 Å². The van der Waals surface area contributed by atoms with Gasteiger partial charge in [0.2, 0.25) is 0 Å². The molecule has 0 fully saturated rings. The minimum Gasteiger partial charge on any atom is -0.481 e. The Hall–Kier alpha value is -1.71. The predicted octanol–water partition coefficient (Wildman–Crippen LogP) is -0.761. The van der Waals surface area contributed by atoms with Gasteiger partial charge in [0.05, 0.1) is 12.8 Å². The number of hydrogen-bond donors (Lipinski definition) is 6. The van der Waals surface area contributed by atoms with E-state index in [9.17, 15) is 14.4 Å². The van der Waals surface area contributed by atoms with Crippen LogP contribution in [0, 0.1) is 0 Å². The van der Waals surface area contributed by atoms with Gasteiger partial charge in [0.15, 0.2) is 11.9 Å². The molecule has 0 atom stereocenters. The average Bonchev–Trinajstić information content (AvgIpc) is 2.24. The topological polar surface area (TPSA) is 173 Å². The highest BCUT2D eigenvalue weighted by Gasteiger charge is 2.40. The second-order valence-corrected chi connectivity index (χ2v) is 4.10. The van der Waals surface area contributed by atoms with E-state index in [-0.39, 0.29) is 0 Å². The molecule has 0 saturated heterocycles. The van der Waals surface area contributed by atoms with Crippen molar-refractivity contribution in [3.05, 3.63) is 0 Å². The molecule has 0 heterocycles. The fraction of sp³-hybridized carbons (Fsp3) is 0.727. The van der Waals surface area contributed by atoms with Gasteiger partial charge in [0.1, 0.15) is 0 Å². The van der Waals surface area contributed by atoms with Gasteiger partial charge in [-0.05, 0) is 12.8 Å². The molecule has 0 saturated carbocycles. The Bertz CT molecular complexity index is 308. The molecule has 0 aliphatic heterocycles. The minimum absolute atomic E-state index is 0.510. The molecule has 20 heavy (non-hydrogen) atoms. The average molecular weight is 296 g/mol. The molecule has 0 aliphatic carbocycles. The van der Waals surface area contributed by atoms with Crippen LogP contribution in [0.15, 0.2) is 0 Å². The van der Waals surface area contributed by atoms with Crippen LogP contribution in [0.5, 0.6) is 0 Å². The lowest BCUT2D eigenvalue weighted by Gasteiger charge is -2.18. The van der Waals surface area contributed by atoms with Crippen LogP contribution in [0.2, 0.25) is 0 Å². The monoisotopic (exact) mass is 296 g/mol. The summed E-state index contributed by atoms with van der Waals surface area (Å²) in [5, 5.41) is 50.3. The number of aliphatic hydroxyl groups is 3. The number of aliphatic hydroxyl groups excluding tert-OH is 1. The number of aliphatic carboxylic acids is 3. The molecule has 0 aromatic rings. The van der Waals surface area contributed by atoms with E-state index in [2.05, 4.69) is 0 Å². The number of carboxylic acid groups (broad SMARTS) is 3. The molecule has 6 N–H and O–H groups in total. The minimum atomic E-state index is -2.74. The van der Waals surface area contributed by atoms with Gasteiger partial charge in [-0.1, -0.05) is 13.3 Å². The molecule has 0 radical (unpaired) electrons. The summed E-state index contributed by atoms with van der Waals surface area (Å²) in [6.07, 6.45) is -0.949. The summed E-state index contributed by atoms with van der Waals surface area (Å²) < 4.78 is 0. The molecular formula is C11H20O9. The first-order chi connectivity index (χ1) is 9.05. The fourth-order valence-electron chi connectivity index (χ4n) is 1.10. The highest BCUT2D eigenvalue weighted by atomic mass is 16.5. The Morgan fingerprint density at radius 1 is 1.00 bits per heavy atom. The van der Waals surface area contributed by atoms with E-state index >= 15 is 0 Å². The molecule has 0 spiro atoms. The van der Waals surface area contributed by atoms with Crippen molar-refractivity contribution in [1.29, 1.82) is 0 Å². The molecule has 9 heteroatoms. The first-order valence-corrected chi connectivity index (χ1v) is 5.80. The maximum absolute atomic E-state index is 10.3. The lowest BCUT2D eigenvalue weighted by molar-refractivity contribution is -0.170. The smallest absolute Gasteiger partial charge is 0.336 e. The quantitative estimate of drug-likeness (QED) is 0.314. The number of rotatable bonds is 8. The van der Waals surface area contributed by atoms with Gasteiger partial charge < -0.3 is 30.6 Å². The zero-order valence-electron chi connectivity index (χ0n) is 11.0. The summed E-state index contributed by atoms with van der Waals surface area (Å²) in [5.74, 6) is -5.02. The molecule has 0 bridgehead atoms. The van der Waals surface area contributed by atoms with Gasteiger partial charge in [-0.25, -0.2) is 4.79 Å². The number of carboxylic acids is 3. The predicted molar refractivity (Wildman–Crippen MR) is 64.8 cm³/mol. The van der Waals surface area contributed by atoms with Crippen LogP contribution >= 0.6 is 0 Å². The van der Waals surface area contributed by atoms with E-state index in [4.69, 9.17) is 30.6 Å². The van der Waals surface area contributed by atoms with Crippen LogP contribution in [-0.2, 0) is 14.4 Å². The molecule has 0 aromatic heterocycles. The molecule has 9 nitrogen and oxygen atoms in total. The van der Waals surface area contributed by atoms with Gasteiger partial charge in [0, 0.05) is 0 Å². The summed E-state index contributed by atoms with van der Waals surface area (Å²) in [7, 11) is 0. The Morgan fingerprint density at radius 3 is 1.55 bits per heavy atom. The summed E-state index contributed by atoms with van der Waals surface area (Å²) in [4.78, 5) is 30.5. The van der Waals surface area contributed by atoms with Crippen molar-refractivity contribution < 1.29 is 45.0 Å². The molecule has 0 aromatic carbocycles. The maximum Gasteiger partial charge on any atom is 0.336 e. The van der Waals surface area contributed by atoms with E-state index < -0.39 is 42.6 Å². The molecule has 0 unspecified atom stereocenters. The SMILES string of the molecule is CCCCC(O)O.O=C(O)CC(O)(CC(=O)O)C(=O)O. The Morgan fingerprint density at radius 2 is 1.40 bits per heavy atom. The highest BCUT2D eigenvalue weighted by molar-refractivity contribution is 5.88. The Labute approximate surface area is 115 Å². The van der Waals surface area contributed by atoms with Gasteiger partial charge in [-0.3, -0.25) is 9.59 Å². The summed E-state index contributed by atoms with van der Waals surface area (Å²) in [6.45, 7) is 2.02. The maximum atomic E-state index is 10.3. The van der Waals surface area contributed by atoms with E-state index in [1.807, 2.05) is 6.92 Å². The molecule has 0 aliphatic rings. The second-order valence-electron chi connectivity index (χ2n) is 4.10. The number of hydrogen-bond acceptors (Lipinski definition) is 6. The van der Waals surface area contributed by atoms with Gasteiger partial charge in [0.25, 0.3) is 0 Å². The largest absolute Gasteiger partial charge is 0.481 e. The van der Waals surface area contributed by atoms with E-state index in [0.29, 0.717) is 6.42 Å². The van der Waals surface area contributed by atoms with Crippen LogP contribution in [0.4, 0.5) is 0 Å².